The molecule has 7 heteroatoms. The molecule has 6 nitrogen and oxygen atoms in total. The van der Waals surface area contributed by atoms with E-state index in [0.717, 1.165) is 39.5 Å². The molecule has 3 aliphatic heterocycles. The molecule has 0 unspecified atom stereocenters. The van der Waals surface area contributed by atoms with Crippen LogP contribution in [0, 0.1) is 0 Å². The maximum atomic E-state index is 7.62. The Bertz CT molecular complexity index is 124. The van der Waals surface area contributed by atoms with Crippen molar-refractivity contribution in [3.05, 3.63) is 0 Å². The second-order valence-electron chi connectivity index (χ2n) is 3.19. The standard InChI is InChI=1S/C6H13NO3Si.C2H6O2/c1-4-8-11-9-5-2-7(1)3-6-10-11;3-1-2-4/h11H,1-6H2;3-4H,1-2H2. The van der Waals surface area contributed by atoms with Gasteiger partial charge in [-0.05, 0) is 0 Å². The summed E-state index contributed by atoms with van der Waals surface area (Å²) in [4.78, 5) is 2.31. The summed E-state index contributed by atoms with van der Waals surface area (Å²) >= 11 is 0. The summed E-state index contributed by atoms with van der Waals surface area (Å²) in [5.41, 5.74) is 0. The zero-order valence-corrected chi connectivity index (χ0v) is 9.96. The Labute approximate surface area is 91.3 Å². The first kappa shape index (κ1) is 13.0. The Kier molecular flexibility index (Phi) is 7.10. The average Bonchev–Trinajstić information content (AvgIpc) is 2.15. The van der Waals surface area contributed by atoms with Crippen molar-refractivity contribution in [3.8, 4) is 0 Å². The quantitative estimate of drug-likeness (QED) is 0.517. The van der Waals surface area contributed by atoms with Crippen molar-refractivity contribution in [2.24, 2.45) is 0 Å². The van der Waals surface area contributed by atoms with Crippen LogP contribution in [-0.4, -0.2) is 77.3 Å². The van der Waals surface area contributed by atoms with E-state index < -0.39 is 9.53 Å². The third-order valence-electron chi connectivity index (χ3n) is 2.08. The first-order valence-corrected chi connectivity index (χ1v) is 6.57. The van der Waals surface area contributed by atoms with E-state index in [1.807, 2.05) is 0 Å². The lowest BCUT2D eigenvalue weighted by Gasteiger charge is -2.31. The highest BCUT2D eigenvalue weighted by molar-refractivity contribution is 6.36. The van der Waals surface area contributed by atoms with Crippen molar-refractivity contribution in [1.82, 2.24) is 4.90 Å². The largest absolute Gasteiger partial charge is 0.484 e. The van der Waals surface area contributed by atoms with Crippen molar-refractivity contribution >= 4 is 9.53 Å². The van der Waals surface area contributed by atoms with Crippen LogP contribution in [0.15, 0.2) is 0 Å². The normalized spacial score (nSPS) is 30.8. The summed E-state index contributed by atoms with van der Waals surface area (Å²) in [6, 6.07) is 0. The van der Waals surface area contributed by atoms with Gasteiger partial charge in [0, 0.05) is 19.6 Å². The lowest BCUT2D eigenvalue weighted by atomic mass is 10.4. The van der Waals surface area contributed by atoms with Crippen LogP contribution in [0.4, 0.5) is 0 Å². The molecule has 3 fully saturated rings. The number of fused-ring (bicyclic) bond motifs is 6. The number of nitrogens with zero attached hydrogens (tertiary/aromatic N) is 1. The fourth-order valence-electron chi connectivity index (χ4n) is 1.31. The fourth-order valence-corrected chi connectivity index (χ4v) is 2.50. The summed E-state index contributed by atoms with van der Waals surface area (Å²) in [5.74, 6) is 0. The van der Waals surface area contributed by atoms with Gasteiger partial charge < -0.3 is 23.5 Å². The first-order chi connectivity index (χ1) is 7.36. The molecule has 0 aromatic rings. The third-order valence-corrected chi connectivity index (χ3v) is 3.61. The van der Waals surface area contributed by atoms with E-state index >= 15 is 0 Å². The molecular formula is C8H19NO5Si. The van der Waals surface area contributed by atoms with Crippen molar-refractivity contribution in [1.29, 1.82) is 0 Å². The van der Waals surface area contributed by atoms with Crippen molar-refractivity contribution < 1.29 is 23.5 Å². The average molecular weight is 237 g/mol. The smallest absolute Gasteiger partial charge is 0.394 e. The van der Waals surface area contributed by atoms with Crippen LogP contribution in [0.5, 0.6) is 0 Å². The van der Waals surface area contributed by atoms with E-state index in [1.165, 1.54) is 0 Å². The summed E-state index contributed by atoms with van der Waals surface area (Å²) in [6.45, 7) is 5.19. The predicted octanol–water partition coefficient (Wildman–Crippen LogP) is -1.95. The molecule has 0 atom stereocenters. The van der Waals surface area contributed by atoms with Crippen molar-refractivity contribution in [2.75, 3.05) is 52.7 Å². The van der Waals surface area contributed by atoms with Gasteiger partial charge in [0.05, 0.1) is 33.0 Å². The molecule has 3 aliphatic rings. The van der Waals surface area contributed by atoms with Gasteiger partial charge in [-0.3, -0.25) is 4.90 Å². The molecule has 0 saturated carbocycles. The van der Waals surface area contributed by atoms with Gasteiger partial charge in [-0.25, -0.2) is 0 Å². The summed E-state index contributed by atoms with van der Waals surface area (Å²) in [7, 11) is -1.69. The van der Waals surface area contributed by atoms with Gasteiger partial charge in [0.25, 0.3) is 0 Å². The van der Waals surface area contributed by atoms with Gasteiger partial charge in [0.1, 0.15) is 0 Å². The molecule has 3 saturated heterocycles. The Morgan fingerprint density at radius 1 is 0.867 bits per heavy atom. The molecule has 2 bridgehead atoms. The number of rotatable bonds is 1. The van der Waals surface area contributed by atoms with E-state index in [1.54, 1.807) is 0 Å². The molecule has 0 aromatic carbocycles. The van der Waals surface area contributed by atoms with Gasteiger partial charge >= 0.3 is 9.53 Å². The van der Waals surface area contributed by atoms with Gasteiger partial charge in [-0.15, -0.1) is 0 Å². The number of hydrogen-bond donors (Lipinski definition) is 2. The maximum Gasteiger partial charge on any atom is 0.484 e. The third kappa shape index (κ3) is 5.57. The van der Waals surface area contributed by atoms with Crippen LogP contribution in [-0.2, 0) is 13.3 Å². The van der Waals surface area contributed by atoms with Gasteiger partial charge in [-0.2, -0.15) is 0 Å². The van der Waals surface area contributed by atoms with E-state index in [9.17, 15) is 0 Å². The zero-order valence-electron chi connectivity index (χ0n) is 8.80. The molecule has 0 aliphatic carbocycles. The van der Waals surface area contributed by atoms with Crippen molar-refractivity contribution in [2.45, 2.75) is 0 Å². The molecule has 0 spiro atoms. The molecule has 15 heavy (non-hydrogen) atoms. The molecule has 3 rings (SSSR count). The minimum atomic E-state index is -1.69. The monoisotopic (exact) mass is 237 g/mol. The van der Waals surface area contributed by atoms with E-state index in [0.29, 0.717) is 0 Å². The lowest BCUT2D eigenvalue weighted by molar-refractivity contribution is 0.0156. The topological polar surface area (TPSA) is 71.4 Å². The minimum absolute atomic E-state index is 0.125. The predicted molar refractivity (Wildman–Crippen MR) is 55.6 cm³/mol. The first-order valence-electron chi connectivity index (χ1n) is 5.15. The van der Waals surface area contributed by atoms with Crippen LogP contribution in [0.3, 0.4) is 0 Å². The molecule has 0 radical (unpaired) electrons. The van der Waals surface area contributed by atoms with E-state index in [2.05, 4.69) is 4.90 Å². The molecule has 0 aromatic heterocycles. The van der Waals surface area contributed by atoms with Gasteiger partial charge in [-0.1, -0.05) is 0 Å². The Morgan fingerprint density at radius 2 is 1.27 bits per heavy atom. The Hall–Kier alpha value is -0.0231. The summed E-state index contributed by atoms with van der Waals surface area (Å²) in [6.07, 6.45) is 0. The van der Waals surface area contributed by atoms with Gasteiger partial charge in [0.15, 0.2) is 0 Å². The second-order valence-corrected chi connectivity index (χ2v) is 4.77. The summed E-state index contributed by atoms with van der Waals surface area (Å²) < 4.78 is 16.2. The molecular weight excluding hydrogens is 218 g/mol. The Balaban J connectivity index is 0.000000245. The summed E-state index contributed by atoms with van der Waals surface area (Å²) in [5, 5.41) is 15.2. The van der Waals surface area contributed by atoms with Crippen LogP contribution in [0.2, 0.25) is 0 Å². The Morgan fingerprint density at radius 3 is 1.60 bits per heavy atom. The number of aliphatic hydroxyl groups is 2. The second kappa shape index (κ2) is 8.17. The van der Waals surface area contributed by atoms with Crippen LogP contribution in [0.25, 0.3) is 0 Å². The lowest BCUT2D eigenvalue weighted by Crippen LogP contribution is -2.45. The van der Waals surface area contributed by atoms with Crippen LogP contribution < -0.4 is 0 Å². The fraction of sp³-hybridized carbons (Fsp3) is 1.00. The minimum Gasteiger partial charge on any atom is -0.394 e. The SMILES string of the molecule is C1CN2CCO[SiH](O1)OCC2.OCCO. The highest BCUT2D eigenvalue weighted by atomic mass is 28.3. The van der Waals surface area contributed by atoms with Crippen LogP contribution >= 0.6 is 0 Å². The number of hydrogen-bond acceptors (Lipinski definition) is 6. The molecule has 3 heterocycles. The maximum absolute atomic E-state index is 7.62. The van der Waals surface area contributed by atoms with Crippen LogP contribution in [0.1, 0.15) is 0 Å². The zero-order chi connectivity index (χ0) is 10.9. The van der Waals surface area contributed by atoms with E-state index in [4.69, 9.17) is 23.5 Å². The molecule has 0 amide bonds. The van der Waals surface area contributed by atoms with E-state index in [-0.39, 0.29) is 13.2 Å². The molecule has 90 valence electrons. The highest BCUT2D eigenvalue weighted by Crippen LogP contribution is 2.03. The van der Waals surface area contributed by atoms with Gasteiger partial charge in [0.2, 0.25) is 0 Å². The van der Waals surface area contributed by atoms with Crippen molar-refractivity contribution in [3.63, 3.8) is 0 Å². The highest BCUT2D eigenvalue weighted by Gasteiger charge is 2.22. The molecule has 2 N–H and O–H groups in total. The number of aliphatic hydroxyl groups excluding tert-OH is 2.